The van der Waals surface area contributed by atoms with Crippen LogP contribution in [0.5, 0.6) is 0 Å². The molecule has 2 N–H and O–H groups in total. The van der Waals surface area contributed by atoms with Crippen LogP contribution >= 0.6 is 0 Å². The van der Waals surface area contributed by atoms with Gasteiger partial charge in [-0.3, -0.25) is 10.1 Å². The van der Waals surface area contributed by atoms with Crippen LogP contribution in [0, 0.1) is 10.1 Å². The lowest BCUT2D eigenvalue weighted by Crippen LogP contribution is -2.28. The fraction of sp³-hybridized carbons (Fsp3) is 0.636. The maximum atomic E-state index is 11.0. The zero-order valence-electron chi connectivity index (χ0n) is 10.8. The van der Waals surface area contributed by atoms with E-state index in [9.17, 15) is 10.1 Å². The van der Waals surface area contributed by atoms with Crippen LogP contribution in [-0.2, 0) is 4.74 Å². The standard InChI is InChI=1S/C11H17N5O3/c1-2-12-11-13-7-9(16(17)18)10(15-11)14-8-3-5-19-6-4-8/h7-8H,2-6H2,1H3,(H2,12,13,14,15). The minimum absolute atomic E-state index is 0.104. The van der Waals surface area contributed by atoms with Crippen molar-refractivity contribution in [3.8, 4) is 0 Å². The van der Waals surface area contributed by atoms with Crippen molar-refractivity contribution in [2.24, 2.45) is 0 Å². The molecule has 2 heterocycles. The molecule has 0 aliphatic carbocycles. The Balaban J connectivity index is 2.18. The number of hydrogen-bond acceptors (Lipinski definition) is 7. The first-order valence-electron chi connectivity index (χ1n) is 6.30. The van der Waals surface area contributed by atoms with Gasteiger partial charge in [-0.15, -0.1) is 0 Å². The molecule has 1 fully saturated rings. The molecule has 0 spiro atoms. The van der Waals surface area contributed by atoms with Gasteiger partial charge in [-0.05, 0) is 19.8 Å². The van der Waals surface area contributed by atoms with Crippen LogP contribution in [-0.4, -0.2) is 40.7 Å². The maximum Gasteiger partial charge on any atom is 0.329 e. The summed E-state index contributed by atoms with van der Waals surface area (Å²) in [6.45, 7) is 3.90. The highest BCUT2D eigenvalue weighted by Crippen LogP contribution is 2.24. The largest absolute Gasteiger partial charge is 0.381 e. The third kappa shape index (κ3) is 3.50. The second-order valence-electron chi connectivity index (χ2n) is 4.25. The fourth-order valence-electron chi connectivity index (χ4n) is 1.89. The Bertz CT molecular complexity index is 448. The van der Waals surface area contributed by atoms with Gasteiger partial charge in [-0.25, -0.2) is 4.98 Å². The summed E-state index contributed by atoms with van der Waals surface area (Å²) in [6, 6.07) is 0.150. The molecule has 0 bridgehead atoms. The number of nitrogens with zero attached hydrogens (tertiary/aromatic N) is 3. The second kappa shape index (κ2) is 6.28. The van der Waals surface area contributed by atoms with Crippen LogP contribution in [0.2, 0.25) is 0 Å². The first-order chi connectivity index (χ1) is 9.20. The summed E-state index contributed by atoms with van der Waals surface area (Å²) >= 11 is 0. The SMILES string of the molecule is CCNc1ncc([N+](=O)[O-])c(NC2CCOCC2)n1. The Morgan fingerprint density at radius 2 is 2.26 bits per heavy atom. The first-order valence-corrected chi connectivity index (χ1v) is 6.30. The van der Waals surface area contributed by atoms with Gasteiger partial charge in [0.05, 0.1) is 4.92 Å². The Kier molecular flexibility index (Phi) is 4.45. The van der Waals surface area contributed by atoms with E-state index < -0.39 is 4.92 Å². The van der Waals surface area contributed by atoms with E-state index >= 15 is 0 Å². The molecule has 104 valence electrons. The quantitative estimate of drug-likeness (QED) is 0.614. The fourth-order valence-corrected chi connectivity index (χ4v) is 1.89. The summed E-state index contributed by atoms with van der Waals surface area (Å²) in [4.78, 5) is 18.6. The summed E-state index contributed by atoms with van der Waals surface area (Å²) in [5, 5.41) is 17.0. The van der Waals surface area contributed by atoms with E-state index in [1.165, 1.54) is 6.20 Å². The van der Waals surface area contributed by atoms with E-state index in [0.29, 0.717) is 25.7 Å². The van der Waals surface area contributed by atoms with Gasteiger partial charge < -0.3 is 15.4 Å². The van der Waals surface area contributed by atoms with E-state index in [4.69, 9.17) is 4.74 Å². The molecule has 0 aromatic carbocycles. The number of ether oxygens (including phenoxy) is 1. The average molecular weight is 267 g/mol. The van der Waals surface area contributed by atoms with Gasteiger partial charge in [-0.1, -0.05) is 0 Å². The Morgan fingerprint density at radius 1 is 1.53 bits per heavy atom. The van der Waals surface area contributed by atoms with Crippen molar-refractivity contribution in [2.45, 2.75) is 25.8 Å². The molecule has 2 rings (SSSR count). The highest BCUT2D eigenvalue weighted by molar-refractivity contribution is 5.57. The van der Waals surface area contributed by atoms with E-state index in [2.05, 4.69) is 20.6 Å². The predicted molar refractivity (Wildman–Crippen MR) is 70.3 cm³/mol. The van der Waals surface area contributed by atoms with Gasteiger partial charge in [-0.2, -0.15) is 4.98 Å². The molecule has 19 heavy (non-hydrogen) atoms. The molecule has 0 unspecified atom stereocenters. The molecule has 1 aromatic heterocycles. The molecular weight excluding hydrogens is 250 g/mol. The van der Waals surface area contributed by atoms with Crippen molar-refractivity contribution < 1.29 is 9.66 Å². The molecular formula is C11H17N5O3. The topological polar surface area (TPSA) is 102 Å². The molecule has 1 saturated heterocycles. The zero-order valence-corrected chi connectivity index (χ0v) is 10.8. The zero-order chi connectivity index (χ0) is 13.7. The van der Waals surface area contributed by atoms with Crippen LogP contribution < -0.4 is 10.6 Å². The lowest BCUT2D eigenvalue weighted by Gasteiger charge is -2.23. The van der Waals surface area contributed by atoms with Gasteiger partial charge in [0.25, 0.3) is 0 Å². The Hall–Kier alpha value is -1.96. The highest BCUT2D eigenvalue weighted by atomic mass is 16.6. The van der Waals surface area contributed by atoms with Crippen LogP contribution in [0.1, 0.15) is 19.8 Å². The summed E-state index contributed by atoms with van der Waals surface area (Å²) in [7, 11) is 0. The monoisotopic (exact) mass is 267 g/mol. The van der Waals surface area contributed by atoms with E-state index in [1.54, 1.807) is 0 Å². The van der Waals surface area contributed by atoms with Crippen molar-refractivity contribution in [1.29, 1.82) is 0 Å². The van der Waals surface area contributed by atoms with Crippen LogP contribution in [0.15, 0.2) is 6.20 Å². The summed E-state index contributed by atoms with van der Waals surface area (Å²) in [6.07, 6.45) is 2.86. The molecule has 8 nitrogen and oxygen atoms in total. The third-order valence-corrected chi connectivity index (χ3v) is 2.86. The predicted octanol–water partition coefficient (Wildman–Crippen LogP) is 1.41. The molecule has 0 amide bonds. The summed E-state index contributed by atoms with van der Waals surface area (Å²) in [5.41, 5.74) is -0.104. The van der Waals surface area contributed by atoms with Crippen LogP contribution in [0.25, 0.3) is 0 Å². The molecule has 1 aliphatic heterocycles. The minimum Gasteiger partial charge on any atom is -0.381 e. The Labute approximate surface area is 110 Å². The molecule has 0 atom stereocenters. The van der Waals surface area contributed by atoms with Crippen LogP contribution in [0.3, 0.4) is 0 Å². The molecule has 0 radical (unpaired) electrons. The smallest absolute Gasteiger partial charge is 0.329 e. The molecule has 1 aliphatic rings. The molecule has 1 aromatic rings. The van der Waals surface area contributed by atoms with Gasteiger partial charge in [0.2, 0.25) is 11.8 Å². The number of nitro groups is 1. The number of anilines is 2. The highest BCUT2D eigenvalue weighted by Gasteiger charge is 2.21. The van der Waals surface area contributed by atoms with E-state index in [0.717, 1.165) is 12.8 Å². The normalized spacial score (nSPS) is 16.1. The van der Waals surface area contributed by atoms with E-state index in [-0.39, 0.29) is 17.5 Å². The third-order valence-electron chi connectivity index (χ3n) is 2.86. The van der Waals surface area contributed by atoms with Gasteiger partial charge in [0.15, 0.2) is 0 Å². The van der Waals surface area contributed by atoms with Gasteiger partial charge in [0, 0.05) is 25.8 Å². The Morgan fingerprint density at radius 3 is 2.89 bits per heavy atom. The maximum absolute atomic E-state index is 11.0. The van der Waals surface area contributed by atoms with Crippen molar-refractivity contribution in [3.05, 3.63) is 16.3 Å². The first kappa shape index (κ1) is 13.5. The van der Waals surface area contributed by atoms with Gasteiger partial charge >= 0.3 is 5.69 Å². The summed E-state index contributed by atoms with van der Waals surface area (Å²) < 4.78 is 5.26. The lowest BCUT2D eigenvalue weighted by molar-refractivity contribution is -0.384. The van der Waals surface area contributed by atoms with Crippen molar-refractivity contribution >= 4 is 17.5 Å². The number of nitrogens with one attached hydrogen (secondary N) is 2. The number of aromatic nitrogens is 2. The van der Waals surface area contributed by atoms with Crippen molar-refractivity contribution in [2.75, 3.05) is 30.4 Å². The number of rotatable bonds is 5. The second-order valence-corrected chi connectivity index (χ2v) is 4.25. The number of hydrogen-bond donors (Lipinski definition) is 2. The summed E-state index contributed by atoms with van der Waals surface area (Å²) in [5.74, 6) is 0.658. The van der Waals surface area contributed by atoms with Crippen LogP contribution in [0.4, 0.5) is 17.5 Å². The molecule has 8 heteroatoms. The average Bonchev–Trinajstić information content (AvgIpc) is 2.40. The van der Waals surface area contributed by atoms with Crippen molar-refractivity contribution in [3.63, 3.8) is 0 Å². The lowest BCUT2D eigenvalue weighted by atomic mass is 10.1. The minimum atomic E-state index is -0.475. The van der Waals surface area contributed by atoms with Crippen molar-refractivity contribution in [1.82, 2.24) is 9.97 Å². The van der Waals surface area contributed by atoms with Gasteiger partial charge in [0.1, 0.15) is 6.20 Å². The molecule has 0 saturated carbocycles. The van der Waals surface area contributed by atoms with E-state index in [1.807, 2.05) is 6.92 Å².